The van der Waals surface area contributed by atoms with Gasteiger partial charge in [0.15, 0.2) is 0 Å². The maximum Gasteiger partial charge on any atom is 0.220 e. The molecule has 2 aliphatic rings. The number of furan rings is 1. The van der Waals surface area contributed by atoms with Crippen molar-refractivity contribution in [1.29, 1.82) is 0 Å². The zero-order valence-corrected chi connectivity index (χ0v) is 11.3. The Labute approximate surface area is 113 Å². The van der Waals surface area contributed by atoms with Gasteiger partial charge in [-0.15, -0.1) is 0 Å². The van der Waals surface area contributed by atoms with Crippen molar-refractivity contribution >= 4 is 5.91 Å². The highest BCUT2D eigenvalue weighted by atomic mass is 16.3. The number of rotatable bonds is 6. The van der Waals surface area contributed by atoms with Crippen molar-refractivity contribution in [1.82, 2.24) is 4.90 Å². The molecule has 3 rings (SSSR count). The molecular formula is C15H22N2O2. The monoisotopic (exact) mass is 262 g/mol. The van der Waals surface area contributed by atoms with Gasteiger partial charge in [-0.1, -0.05) is 0 Å². The van der Waals surface area contributed by atoms with E-state index in [0.29, 0.717) is 5.92 Å². The van der Waals surface area contributed by atoms with Gasteiger partial charge in [-0.25, -0.2) is 0 Å². The second-order valence-electron chi connectivity index (χ2n) is 6.07. The fourth-order valence-corrected chi connectivity index (χ4v) is 3.23. The molecule has 19 heavy (non-hydrogen) atoms. The van der Waals surface area contributed by atoms with Crippen LogP contribution in [0.25, 0.3) is 0 Å². The average molecular weight is 262 g/mol. The predicted molar refractivity (Wildman–Crippen MR) is 72.2 cm³/mol. The second-order valence-corrected chi connectivity index (χ2v) is 6.07. The van der Waals surface area contributed by atoms with Crippen LogP contribution in [0.2, 0.25) is 0 Å². The molecule has 4 heteroatoms. The lowest BCUT2D eigenvalue weighted by atomic mass is 10.0. The quantitative estimate of drug-likeness (QED) is 0.854. The molecule has 2 aliphatic carbocycles. The molecule has 104 valence electrons. The number of primary amides is 1. The van der Waals surface area contributed by atoms with Crippen molar-refractivity contribution in [3.8, 4) is 0 Å². The van der Waals surface area contributed by atoms with Crippen molar-refractivity contribution in [3.63, 3.8) is 0 Å². The van der Waals surface area contributed by atoms with Crippen LogP contribution < -0.4 is 5.73 Å². The van der Waals surface area contributed by atoms with Gasteiger partial charge in [0.05, 0.1) is 12.5 Å². The summed E-state index contributed by atoms with van der Waals surface area (Å²) >= 11 is 0. The van der Waals surface area contributed by atoms with E-state index in [1.165, 1.54) is 18.4 Å². The number of hydrogen-bond acceptors (Lipinski definition) is 3. The third-order valence-corrected chi connectivity index (χ3v) is 4.47. The van der Waals surface area contributed by atoms with Crippen LogP contribution in [0, 0.1) is 11.8 Å². The van der Waals surface area contributed by atoms with Gasteiger partial charge in [0.2, 0.25) is 5.91 Å². The lowest BCUT2D eigenvalue weighted by molar-refractivity contribution is -0.121. The molecule has 0 unspecified atom stereocenters. The van der Waals surface area contributed by atoms with Crippen molar-refractivity contribution in [2.24, 2.45) is 17.6 Å². The molecule has 2 saturated carbocycles. The molecule has 2 fully saturated rings. The lowest BCUT2D eigenvalue weighted by Gasteiger charge is -2.24. The van der Waals surface area contributed by atoms with Crippen molar-refractivity contribution < 1.29 is 9.21 Å². The minimum atomic E-state index is -0.115. The number of hydrogen-bond donors (Lipinski definition) is 1. The Kier molecular flexibility index (Phi) is 3.60. The summed E-state index contributed by atoms with van der Waals surface area (Å²) in [5.74, 6) is 0.625. The first kappa shape index (κ1) is 12.7. The van der Waals surface area contributed by atoms with Crippen LogP contribution in [-0.4, -0.2) is 23.4 Å². The van der Waals surface area contributed by atoms with Gasteiger partial charge >= 0.3 is 0 Å². The average Bonchev–Trinajstić information content (AvgIpc) is 2.90. The van der Waals surface area contributed by atoms with E-state index in [4.69, 9.17) is 10.2 Å². The fraction of sp³-hybridized carbons (Fsp3) is 0.667. The topological polar surface area (TPSA) is 59.5 Å². The standard InChI is InChI=1S/C15H22N2O2/c16-15(18)13-2-1-11(7-13)8-17(14-3-4-14)9-12-5-6-19-10-12/h5-6,10-11,13-14H,1-4,7-9H2,(H2,16,18)/t11-,13+/m1/s1. The minimum Gasteiger partial charge on any atom is -0.472 e. The first-order chi connectivity index (χ1) is 9.22. The van der Waals surface area contributed by atoms with E-state index in [9.17, 15) is 4.79 Å². The molecule has 4 nitrogen and oxygen atoms in total. The van der Waals surface area contributed by atoms with Crippen LogP contribution in [0.3, 0.4) is 0 Å². The van der Waals surface area contributed by atoms with Crippen LogP contribution >= 0.6 is 0 Å². The first-order valence-electron chi connectivity index (χ1n) is 7.27. The Bertz CT molecular complexity index is 425. The Morgan fingerprint density at radius 1 is 1.37 bits per heavy atom. The summed E-state index contributed by atoms with van der Waals surface area (Å²) in [5, 5.41) is 0. The summed E-state index contributed by atoms with van der Waals surface area (Å²) < 4.78 is 5.15. The number of carbonyl (C=O) groups excluding carboxylic acids is 1. The Morgan fingerprint density at radius 2 is 2.21 bits per heavy atom. The van der Waals surface area contributed by atoms with Crippen molar-refractivity contribution in [2.75, 3.05) is 6.54 Å². The Hall–Kier alpha value is -1.29. The second kappa shape index (κ2) is 5.37. The third kappa shape index (κ3) is 3.18. The summed E-state index contributed by atoms with van der Waals surface area (Å²) in [7, 11) is 0. The van der Waals surface area contributed by atoms with E-state index < -0.39 is 0 Å². The predicted octanol–water partition coefficient (Wildman–Crippen LogP) is 2.15. The van der Waals surface area contributed by atoms with E-state index in [2.05, 4.69) is 4.90 Å². The number of carbonyl (C=O) groups is 1. The summed E-state index contributed by atoms with van der Waals surface area (Å²) in [6.07, 6.45) is 9.28. The molecule has 0 saturated heterocycles. The molecule has 2 atom stereocenters. The van der Waals surface area contributed by atoms with Crippen LogP contribution in [-0.2, 0) is 11.3 Å². The summed E-state index contributed by atoms with van der Waals surface area (Å²) in [5.41, 5.74) is 6.65. The Morgan fingerprint density at radius 3 is 2.79 bits per heavy atom. The molecule has 1 heterocycles. The zero-order chi connectivity index (χ0) is 13.2. The summed E-state index contributed by atoms with van der Waals surface area (Å²) in [4.78, 5) is 13.8. The van der Waals surface area contributed by atoms with Crippen LogP contribution in [0.15, 0.2) is 23.0 Å². The molecule has 1 aromatic heterocycles. The van der Waals surface area contributed by atoms with Gasteiger partial charge in [-0.2, -0.15) is 0 Å². The molecule has 0 spiro atoms. The molecule has 0 aromatic carbocycles. The molecule has 0 bridgehead atoms. The van der Waals surface area contributed by atoms with Gasteiger partial charge in [0, 0.05) is 30.6 Å². The number of nitrogens with two attached hydrogens (primary N) is 1. The Balaban J connectivity index is 1.55. The van der Waals surface area contributed by atoms with Gasteiger partial charge in [-0.05, 0) is 44.1 Å². The third-order valence-electron chi connectivity index (χ3n) is 4.47. The fourth-order valence-electron chi connectivity index (χ4n) is 3.23. The van der Waals surface area contributed by atoms with Crippen LogP contribution in [0.1, 0.15) is 37.7 Å². The van der Waals surface area contributed by atoms with Crippen LogP contribution in [0.4, 0.5) is 0 Å². The maximum absolute atomic E-state index is 11.2. The molecule has 1 aromatic rings. The van der Waals surface area contributed by atoms with Crippen molar-refractivity contribution in [3.05, 3.63) is 24.2 Å². The molecule has 0 aliphatic heterocycles. The highest BCUT2D eigenvalue weighted by Gasteiger charge is 2.34. The molecule has 2 N–H and O–H groups in total. The smallest absolute Gasteiger partial charge is 0.220 e. The maximum atomic E-state index is 11.2. The van der Waals surface area contributed by atoms with Gasteiger partial charge in [0.25, 0.3) is 0 Å². The first-order valence-corrected chi connectivity index (χ1v) is 7.27. The normalized spacial score (nSPS) is 27.0. The minimum absolute atomic E-state index is 0.111. The van der Waals surface area contributed by atoms with Gasteiger partial charge < -0.3 is 10.2 Å². The number of nitrogens with zero attached hydrogens (tertiary/aromatic N) is 1. The van der Waals surface area contributed by atoms with Gasteiger partial charge in [-0.3, -0.25) is 9.69 Å². The highest BCUT2D eigenvalue weighted by Crippen LogP contribution is 2.35. The number of amides is 1. The van der Waals surface area contributed by atoms with E-state index in [1.54, 1.807) is 6.26 Å². The summed E-state index contributed by atoms with van der Waals surface area (Å²) in [6, 6.07) is 2.78. The SMILES string of the molecule is NC(=O)[C@H]1CC[C@@H](CN(Cc2ccoc2)C2CC2)C1. The lowest BCUT2D eigenvalue weighted by Crippen LogP contribution is -2.31. The molecule has 0 radical (unpaired) electrons. The molecular weight excluding hydrogens is 240 g/mol. The van der Waals surface area contributed by atoms with E-state index in [1.807, 2.05) is 12.3 Å². The zero-order valence-electron chi connectivity index (χ0n) is 11.3. The van der Waals surface area contributed by atoms with E-state index in [0.717, 1.165) is 38.4 Å². The van der Waals surface area contributed by atoms with E-state index in [-0.39, 0.29) is 11.8 Å². The highest BCUT2D eigenvalue weighted by molar-refractivity contribution is 5.76. The summed E-state index contributed by atoms with van der Waals surface area (Å²) in [6.45, 7) is 2.07. The van der Waals surface area contributed by atoms with Gasteiger partial charge in [0.1, 0.15) is 0 Å². The largest absolute Gasteiger partial charge is 0.472 e. The van der Waals surface area contributed by atoms with Crippen LogP contribution in [0.5, 0.6) is 0 Å². The van der Waals surface area contributed by atoms with Crippen molar-refractivity contribution in [2.45, 2.75) is 44.7 Å². The van der Waals surface area contributed by atoms with E-state index >= 15 is 0 Å². The molecule has 1 amide bonds.